The lowest BCUT2D eigenvalue weighted by Gasteiger charge is -2.26. The van der Waals surface area contributed by atoms with Gasteiger partial charge in [0.25, 0.3) is 0 Å². The van der Waals surface area contributed by atoms with E-state index in [0.29, 0.717) is 0 Å². The molecule has 2 nitrogen and oxygen atoms in total. The van der Waals surface area contributed by atoms with Gasteiger partial charge in [0.05, 0.1) is 0 Å². The summed E-state index contributed by atoms with van der Waals surface area (Å²) in [5, 5.41) is 4.70. The van der Waals surface area contributed by atoms with Gasteiger partial charge in [-0.15, -0.1) is 0 Å². The van der Waals surface area contributed by atoms with Crippen molar-refractivity contribution in [2.45, 2.75) is 0 Å². The van der Waals surface area contributed by atoms with E-state index in [9.17, 15) is 0 Å². The van der Waals surface area contributed by atoms with E-state index in [1.54, 1.807) is 0 Å². The molecule has 2 heteroatoms. The van der Waals surface area contributed by atoms with Crippen molar-refractivity contribution in [1.82, 2.24) is 0 Å². The largest absolute Gasteiger partial charge is 0.455 e. The van der Waals surface area contributed by atoms with Crippen molar-refractivity contribution in [3.8, 4) is 44.5 Å². The first kappa shape index (κ1) is 31.6. The highest BCUT2D eigenvalue weighted by molar-refractivity contribution is 6.13. The zero-order valence-corrected chi connectivity index (χ0v) is 29.6. The van der Waals surface area contributed by atoms with Crippen LogP contribution in [0.4, 0.5) is 17.1 Å². The Labute approximate surface area is 314 Å². The van der Waals surface area contributed by atoms with Gasteiger partial charge < -0.3 is 9.32 Å². The van der Waals surface area contributed by atoms with Crippen LogP contribution in [0.1, 0.15) is 0 Å². The predicted octanol–water partition coefficient (Wildman–Crippen LogP) is 14.9. The zero-order valence-electron chi connectivity index (χ0n) is 29.6. The Hall–Kier alpha value is -7.16. The van der Waals surface area contributed by atoms with E-state index in [1.807, 2.05) is 6.07 Å². The highest BCUT2D eigenvalue weighted by Crippen LogP contribution is 2.41. The molecule has 54 heavy (non-hydrogen) atoms. The third kappa shape index (κ3) is 5.71. The topological polar surface area (TPSA) is 16.4 Å². The molecule has 0 saturated carbocycles. The Morgan fingerprint density at radius 3 is 1.39 bits per heavy atom. The van der Waals surface area contributed by atoms with Crippen molar-refractivity contribution in [1.29, 1.82) is 0 Å². The SMILES string of the molecule is c1ccc(-c2ccc(N(c3ccc(-c4cccc(-c5cccc6c5oc5c(-c7ccccc7)cccc56)c4)cc3)c3ccc4ccccc4c3)cc2)cc1. The summed E-state index contributed by atoms with van der Waals surface area (Å²) in [5.41, 5.74) is 14.3. The standard InChI is InChI=1S/C52H35NO/c1-3-12-36(13-4-1)38-24-29-44(30-25-38)53(46-33-28-37-14-7-8-17-42(37)35-46)45-31-26-39(27-32-45)41-18-9-19-43(34-41)48-21-11-23-50-49-22-10-20-47(51(49)54-52(48)50)40-15-5-2-6-16-40/h1-35H. The van der Waals surface area contributed by atoms with E-state index in [1.165, 1.54) is 21.9 Å². The Balaban J connectivity index is 1.02. The van der Waals surface area contributed by atoms with Gasteiger partial charge in [-0.2, -0.15) is 0 Å². The summed E-state index contributed by atoms with van der Waals surface area (Å²) >= 11 is 0. The van der Waals surface area contributed by atoms with Crippen LogP contribution < -0.4 is 4.90 Å². The molecule has 0 aliphatic rings. The van der Waals surface area contributed by atoms with Crippen molar-refractivity contribution in [2.75, 3.05) is 4.90 Å². The molecule has 0 spiro atoms. The molecule has 0 fully saturated rings. The molecule has 10 aromatic rings. The molecule has 0 aliphatic carbocycles. The third-order valence-electron chi connectivity index (χ3n) is 10.5. The molecular weight excluding hydrogens is 655 g/mol. The fourth-order valence-corrected chi connectivity index (χ4v) is 7.76. The quantitative estimate of drug-likeness (QED) is 0.166. The summed E-state index contributed by atoms with van der Waals surface area (Å²) in [6.07, 6.45) is 0. The molecule has 0 amide bonds. The number of hydrogen-bond acceptors (Lipinski definition) is 2. The number of furan rings is 1. The summed E-state index contributed by atoms with van der Waals surface area (Å²) in [7, 11) is 0. The van der Waals surface area contributed by atoms with Crippen LogP contribution >= 0.6 is 0 Å². The zero-order chi connectivity index (χ0) is 35.8. The third-order valence-corrected chi connectivity index (χ3v) is 10.5. The first-order valence-electron chi connectivity index (χ1n) is 18.4. The molecule has 1 aromatic heterocycles. The molecule has 0 N–H and O–H groups in total. The Morgan fingerprint density at radius 2 is 0.741 bits per heavy atom. The van der Waals surface area contributed by atoms with Crippen LogP contribution in [0.2, 0.25) is 0 Å². The van der Waals surface area contributed by atoms with Crippen LogP contribution in [-0.4, -0.2) is 0 Å². The van der Waals surface area contributed by atoms with E-state index in [4.69, 9.17) is 4.42 Å². The van der Waals surface area contributed by atoms with Crippen LogP contribution in [0.25, 0.3) is 77.2 Å². The number of fused-ring (bicyclic) bond motifs is 4. The molecule has 0 bridgehead atoms. The minimum atomic E-state index is 0.910. The molecule has 0 atom stereocenters. The number of hydrogen-bond donors (Lipinski definition) is 0. The summed E-state index contributed by atoms with van der Waals surface area (Å²) in [6, 6.07) is 75.7. The van der Waals surface area contributed by atoms with E-state index in [-0.39, 0.29) is 0 Å². The summed E-state index contributed by atoms with van der Waals surface area (Å²) in [6.45, 7) is 0. The summed E-state index contributed by atoms with van der Waals surface area (Å²) in [5.74, 6) is 0. The van der Waals surface area contributed by atoms with Crippen molar-refractivity contribution in [3.63, 3.8) is 0 Å². The fraction of sp³-hybridized carbons (Fsp3) is 0. The normalized spacial score (nSPS) is 11.3. The van der Waals surface area contributed by atoms with E-state index < -0.39 is 0 Å². The average Bonchev–Trinajstić information content (AvgIpc) is 3.64. The maximum atomic E-state index is 6.75. The van der Waals surface area contributed by atoms with Crippen LogP contribution in [-0.2, 0) is 0 Å². The fourth-order valence-electron chi connectivity index (χ4n) is 7.76. The van der Waals surface area contributed by atoms with Crippen molar-refractivity contribution in [2.24, 2.45) is 0 Å². The van der Waals surface area contributed by atoms with Gasteiger partial charge in [0.1, 0.15) is 11.2 Å². The Morgan fingerprint density at radius 1 is 0.278 bits per heavy atom. The molecular formula is C52H35NO. The molecule has 10 rings (SSSR count). The second-order valence-electron chi connectivity index (χ2n) is 13.7. The molecule has 0 unspecified atom stereocenters. The van der Waals surface area contributed by atoms with Crippen molar-refractivity contribution >= 4 is 49.8 Å². The maximum absolute atomic E-state index is 6.75. The van der Waals surface area contributed by atoms with Crippen molar-refractivity contribution in [3.05, 3.63) is 212 Å². The van der Waals surface area contributed by atoms with Crippen LogP contribution in [0, 0.1) is 0 Å². The lowest BCUT2D eigenvalue weighted by atomic mass is 9.97. The molecule has 9 aromatic carbocycles. The van der Waals surface area contributed by atoms with Gasteiger partial charge in [0, 0.05) is 39.0 Å². The van der Waals surface area contributed by atoms with Gasteiger partial charge in [-0.25, -0.2) is 0 Å². The summed E-state index contributed by atoms with van der Waals surface area (Å²) < 4.78 is 6.75. The molecule has 0 radical (unpaired) electrons. The van der Waals surface area contributed by atoms with Crippen LogP contribution in [0.3, 0.4) is 0 Å². The molecule has 254 valence electrons. The highest BCUT2D eigenvalue weighted by atomic mass is 16.3. The molecule has 0 aliphatic heterocycles. The van der Waals surface area contributed by atoms with E-state index in [2.05, 4.69) is 211 Å². The predicted molar refractivity (Wildman–Crippen MR) is 228 cm³/mol. The first-order chi connectivity index (χ1) is 26.8. The van der Waals surface area contributed by atoms with Crippen molar-refractivity contribution < 1.29 is 4.42 Å². The number of benzene rings is 9. The van der Waals surface area contributed by atoms with Gasteiger partial charge in [0.15, 0.2) is 0 Å². The number of para-hydroxylation sites is 2. The lowest BCUT2D eigenvalue weighted by Crippen LogP contribution is -2.09. The number of anilines is 3. The van der Waals surface area contributed by atoms with E-state index in [0.717, 1.165) is 72.4 Å². The van der Waals surface area contributed by atoms with Crippen LogP contribution in [0.5, 0.6) is 0 Å². The monoisotopic (exact) mass is 689 g/mol. The van der Waals surface area contributed by atoms with Gasteiger partial charge in [-0.05, 0) is 86.6 Å². The van der Waals surface area contributed by atoms with Gasteiger partial charge in [0.2, 0.25) is 0 Å². The van der Waals surface area contributed by atoms with Crippen LogP contribution in [0.15, 0.2) is 217 Å². The lowest BCUT2D eigenvalue weighted by molar-refractivity contribution is 0.671. The Bertz CT molecular complexity index is 2910. The summed E-state index contributed by atoms with van der Waals surface area (Å²) in [4.78, 5) is 2.34. The molecule has 0 saturated heterocycles. The van der Waals surface area contributed by atoms with Gasteiger partial charge in [-0.3, -0.25) is 0 Å². The number of rotatable bonds is 7. The van der Waals surface area contributed by atoms with E-state index >= 15 is 0 Å². The Kier molecular flexibility index (Phi) is 7.85. The highest BCUT2D eigenvalue weighted by Gasteiger charge is 2.17. The maximum Gasteiger partial charge on any atom is 0.143 e. The first-order valence-corrected chi connectivity index (χ1v) is 18.4. The second-order valence-corrected chi connectivity index (χ2v) is 13.7. The average molecular weight is 690 g/mol. The second kappa shape index (κ2) is 13.4. The number of nitrogens with zero attached hydrogens (tertiary/aromatic N) is 1. The van der Waals surface area contributed by atoms with Gasteiger partial charge in [-0.1, -0.05) is 170 Å². The smallest absolute Gasteiger partial charge is 0.143 e. The molecule has 1 heterocycles. The van der Waals surface area contributed by atoms with Gasteiger partial charge >= 0.3 is 0 Å². The minimum absolute atomic E-state index is 0.910. The minimum Gasteiger partial charge on any atom is -0.455 e.